The molecular weight excluding hydrogens is 356 g/mol. The average Bonchev–Trinajstić information content (AvgIpc) is 3.35. The van der Waals surface area contributed by atoms with Crippen LogP contribution in [0.25, 0.3) is 22.3 Å². The van der Waals surface area contributed by atoms with Crippen molar-refractivity contribution in [3.8, 4) is 11.3 Å². The fourth-order valence-corrected chi connectivity index (χ4v) is 3.10. The number of pyridine rings is 1. The van der Waals surface area contributed by atoms with Gasteiger partial charge in [0.05, 0.1) is 22.3 Å². The molecule has 3 N–H and O–H groups in total. The van der Waals surface area contributed by atoms with Gasteiger partial charge >= 0.3 is 0 Å². The molecule has 28 heavy (non-hydrogen) atoms. The van der Waals surface area contributed by atoms with Crippen molar-refractivity contribution in [2.45, 2.75) is 6.92 Å². The Kier molecular flexibility index (Phi) is 4.36. The zero-order valence-electron chi connectivity index (χ0n) is 15.4. The van der Waals surface area contributed by atoms with Crippen LogP contribution in [0.5, 0.6) is 0 Å². The molecule has 0 spiro atoms. The molecule has 3 aromatic heterocycles. The summed E-state index contributed by atoms with van der Waals surface area (Å²) in [6, 6.07) is 14.6. The van der Waals surface area contributed by atoms with Crippen LogP contribution in [0, 0.1) is 6.92 Å². The van der Waals surface area contributed by atoms with Gasteiger partial charge in [-0.15, -0.1) is 0 Å². The van der Waals surface area contributed by atoms with E-state index in [1.165, 1.54) is 0 Å². The number of aromatic nitrogens is 4. The van der Waals surface area contributed by atoms with Gasteiger partial charge in [-0.25, -0.2) is 4.98 Å². The lowest BCUT2D eigenvalue weighted by molar-refractivity contribution is 0.0845. The Morgan fingerprint density at radius 3 is 2.50 bits per heavy atom. The number of hydrogen-bond donors (Lipinski definition) is 3. The molecule has 2 amide bonds. The van der Waals surface area contributed by atoms with Crippen molar-refractivity contribution in [2.75, 3.05) is 0 Å². The summed E-state index contributed by atoms with van der Waals surface area (Å²) < 4.78 is 1.64. The molecule has 0 aliphatic rings. The van der Waals surface area contributed by atoms with Crippen LogP contribution >= 0.6 is 0 Å². The molecule has 140 valence electrons. The second-order valence-electron chi connectivity index (χ2n) is 6.32. The molecule has 0 unspecified atom stereocenters. The van der Waals surface area contributed by atoms with Crippen molar-refractivity contribution in [3.63, 3.8) is 0 Å². The normalized spacial score (nSPS) is 10.8. The van der Waals surface area contributed by atoms with Gasteiger partial charge in [0.15, 0.2) is 5.65 Å². The molecule has 8 nitrogen and oxygen atoms in total. The molecule has 0 radical (unpaired) electrons. The van der Waals surface area contributed by atoms with E-state index in [1.54, 1.807) is 36.1 Å². The second kappa shape index (κ2) is 6.99. The predicted octanol–water partition coefficient (Wildman–Crippen LogP) is 2.35. The maximum absolute atomic E-state index is 12.9. The first-order valence-corrected chi connectivity index (χ1v) is 8.68. The zero-order chi connectivity index (χ0) is 19.7. The van der Waals surface area contributed by atoms with E-state index in [1.807, 2.05) is 37.3 Å². The van der Waals surface area contributed by atoms with Crippen LogP contribution in [0.3, 0.4) is 0 Å². The second-order valence-corrected chi connectivity index (χ2v) is 6.32. The SMILES string of the molecule is Cc1nn(C)c2nc(-c3ccccc3)cc(C(=O)NNC(=O)c3ccc[nH]3)c12. The molecule has 4 aromatic rings. The van der Waals surface area contributed by atoms with Gasteiger partial charge in [-0.1, -0.05) is 30.3 Å². The summed E-state index contributed by atoms with van der Waals surface area (Å²) >= 11 is 0. The Balaban J connectivity index is 1.72. The Labute approximate surface area is 160 Å². The highest BCUT2D eigenvalue weighted by molar-refractivity contribution is 6.08. The van der Waals surface area contributed by atoms with Crippen LogP contribution in [0.1, 0.15) is 26.5 Å². The van der Waals surface area contributed by atoms with E-state index in [0.717, 1.165) is 5.56 Å². The van der Waals surface area contributed by atoms with Crippen molar-refractivity contribution >= 4 is 22.8 Å². The third-order valence-electron chi connectivity index (χ3n) is 4.42. The minimum atomic E-state index is -0.444. The molecule has 0 aliphatic carbocycles. The van der Waals surface area contributed by atoms with Crippen LogP contribution in [-0.4, -0.2) is 31.6 Å². The molecule has 0 fully saturated rings. The zero-order valence-corrected chi connectivity index (χ0v) is 15.4. The quantitative estimate of drug-likeness (QED) is 0.479. The Hall–Kier alpha value is -3.94. The fourth-order valence-electron chi connectivity index (χ4n) is 3.10. The van der Waals surface area contributed by atoms with E-state index in [2.05, 4.69) is 25.9 Å². The van der Waals surface area contributed by atoms with Crippen molar-refractivity contribution in [1.82, 2.24) is 30.6 Å². The van der Waals surface area contributed by atoms with Crippen molar-refractivity contribution in [1.29, 1.82) is 0 Å². The first-order valence-electron chi connectivity index (χ1n) is 8.68. The van der Waals surface area contributed by atoms with Crippen LogP contribution < -0.4 is 10.9 Å². The summed E-state index contributed by atoms with van der Waals surface area (Å²) in [6.07, 6.45) is 1.63. The molecule has 0 saturated heterocycles. The van der Waals surface area contributed by atoms with Gasteiger partial charge in [-0.05, 0) is 25.1 Å². The lowest BCUT2D eigenvalue weighted by Gasteiger charge is -2.10. The van der Waals surface area contributed by atoms with Gasteiger partial charge in [0, 0.05) is 18.8 Å². The summed E-state index contributed by atoms with van der Waals surface area (Å²) in [5, 5.41) is 5.03. The number of fused-ring (bicyclic) bond motifs is 1. The largest absolute Gasteiger partial charge is 0.357 e. The first kappa shape index (κ1) is 17.5. The summed E-state index contributed by atoms with van der Waals surface area (Å²) in [4.78, 5) is 32.4. The van der Waals surface area contributed by atoms with Gasteiger partial charge in [0.1, 0.15) is 5.69 Å². The molecule has 3 heterocycles. The van der Waals surface area contributed by atoms with Crippen LogP contribution in [-0.2, 0) is 7.05 Å². The smallest absolute Gasteiger partial charge is 0.286 e. The highest BCUT2D eigenvalue weighted by atomic mass is 16.2. The lowest BCUT2D eigenvalue weighted by atomic mass is 10.1. The minimum absolute atomic E-state index is 0.350. The maximum Gasteiger partial charge on any atom is 0.286 e. The van der Waals surface area contributed by atoms with Gasteiger partial charge < -0.3 is 4.98 Å². The van der Waals surface area contributed by atoms with E-state index in [0.29, 0.717) is 33.7 Å². The number of H-pyrrole nitrogens is 1. The molecule has 0 saturated carbocycles. The van der Waals surface area contributed by atoms with Crippen molar-refractivity contribution in [2.24, 2.45) is 7.05 Å². The molecule has 4 rings (SSSR count). The lowest BCUT2D eigenvalue weighted by Crippen LogP contribution is -2.41. The van der Waals surface area contributed by atoms with Gasteiger partial charge in [0.2, 0.25) is 0 Å². The number of aryl methyl sites for hydroxylation is 2. The number of rotatable bonds is 3. The average molecular weight is 374 g/mol. The van der Waals surface area contributed by atoms with E-state index in [4.69, 9.17) is 0 Å². The monoisotopic (exact) mass is 374 g/mol. The number of aromatic amines is 1. The van der Waals surface area contributed by atoms with Gasteiger partial charge in [-0.2, -0.15) is 5.10 Å². The predicted molar refractivity (Wildman–Crippen MR) is 104 cm³/mol. The Bertz CT molecular complexity index is 1160. The Morgan fingerprint density at radius 1 is 1.04 bits per heavy atom. The third kappa shape index (κ3) is 3.11. The maximum atomic E-state index is 12.9. The van der Waals surface area contributed by atoms with Crippen LogP contribution in [0.4, 0.5) is 0 Å². The summed E-state index contributed by atoms with van der Waals surface area (Å²) in [6.45, 7) is 1.82. The summed E-state index contributed by atoms with van der Waals surface area (Å²) in [7, 11) is 1.78. The number of hydrazine groups is 1. The molecule has 0 bridgehead atoms. The molecule has 0 atom stereocenters. The molecule has 1 aromatic carbocycles. The number of carbonyl (C=O) groups excluding carboxylic acids is 2. The van der Waals surface area contributed by atoms with Crippen LogP contribution in [0.15, 0.2) is 54.7 Å². The van der Waals surface area contributed by atoms with E-state index in [-0.39, 0.29) is 0 Å². The van der Waals surface area contributed by atoms with Gasteiger partial charge in [0.25, 0.3) is 11.8 Å². The highest BCUT2D eigenvalue weighted by Gasteiger charge is 2.20. The summed E-state index contributed by atoms with van der Waals surface area (Å²) in [5.41, 5.74) is 8.44. The fraction of sp³-hybridized carbons (Fsp3) is 0.100. The number of nitrogens with zero attached hydrogens (tertiary/aromatic N) is 3. The molecular formula is C20H18N6O2. The van der Waals surface area contributed by atoms with Crippen molar-refractivity contribution in [3.05, 3.63) is 71.7 Å². The number of amides is 2. The number of nitrogens with one attached hydrogen (secondary N) is 3. The summed E-state index contributed by atoms with van der Waals surface area (Å²) in [5.74, 6) is -0.879. The highest BCUT2D eigenvalue weighted by Crippen LogP contribution is 2.26. The van der Waals surface area contributed by atoms with E-state index in [9.17, 15) is 9.59 Å². The minimum Gasteiger partial charge on any atom is -0.357 e. The Morgan fingerprint density at radius 2 is 1.79 bits per heavy atom. The standard InChI is InChI=1S/C20H18N6O2/c1-12-17-14(19(27)23-24-20(28)15-9-6-10-21-15)11-16(13-7-4-3-5-8-13)22-18(17)26(2)25-12/h3-11,21H,1-2H3,(H,23,27)(H,24,28). The number of hydrogen-bond acceptors (Lipinski definition) is 4. The van der Waals surface area contributed by atoms with E-state index < -0.39 is 11.8 Å². The molecule has 0 aliphatic heterocycles. The first-order chi connectivity index (χ1) is 13.5. The molecule has 8 heteroatoms. The van der Waals surface area contributed by atoms with Gasteiger partial charge in [-0.3, -0.25) is 25.1 Å². The number of carbonyl (C=O) groups is 2. The van der Waals surface area contributed by atoms with Crippen molar-refractivity contribution < 1.29 is 9.59 Å². The number of benzene rings is 1. The van der Waals surface area contributed by atoms with Crippen LogP contribution in [0.2, 0.25) is 0 Å². The third-order valence-corrected chi connectivity index (χ3v) is 4.42. The van der Waals surface area contributed by atoms with E-state index >= 15 is 0 Å². The topological polar surface area (TPSA) is 105 Å².